The molecule has 2 rings (SSSR count). The molecule has 2 aromatic carbocycles. The SMILES string of the molecule is CCCOS(=O)(=O)c1ccc(C)cc1OCCOCc1ccccc1. The molecule has 0 aliphatic rings. The van der Waals surface area contributed by atoms with Crippen LogP contribution < -0.4 is 4.74 Å². The van der Waals surface area contributed by atoms with Crippen LogP contribution in [0.15, 0.2) is 53.4 Å². The Bertz CT molecular complexity index is 757. The van der Waals surface area contributed by atoms with Crippen molar-refractivity contribution in [3.8, 4) is 5.75 Å². The summed E-state index contributed by atoms with van der Waals surface area (Å²) in [6, 6.07) is 14.8. The van der Waals surface area contributed by atoms with Gasteiger partial charge in [0.2, 0.25) is 0 Å². The van der Waals surface area contributed by atoms with E-state index in [0.717, 1.165) is 11.1 Å². The molecular formula is C19H24O5S. The van der Waals surface area contributed by atoms with Crippen LogP contribution in [-0.4, -0.2) is 28.2 Å². The average molecular weight is 364 g/mol. The van der Waals surface area contributed by atoms with Crippen molar-refractivity contribution in [2.24, 2.45) is 0 Å². The zero-order valence-corrected chi connectivity index (χ0v) is 15.4. The standard InChI is InChI=1S/C19H24O5S/c1-3-11-24-25(20,21)19-10-9-16(2)14-18(19)23-13-12-22-15-17-7-5-4-6-8-17/h4-10,14H,3,11-13,15H2,1-2H3. The topological polar surface area (TPSA) is 61.8 Å². The summed E-state index contributed by atoms with van der Waals surface area (Å²) in [6.45, 7) is 4.98. The number of benzene rings is 2. The summed E-state index contributed by atoms with van der Waals surface area (Å²) in [7, 11) is -3.82. The summed E-state index contributed by atoms with van der Waals surface area (Å²) in [5.41, 5.74) is 1.99. The molecule has 5 nitrogen and oxygen atoms in total. The molecule has 2 aromatic rings. The molecule has 0 aliphatic heterocycles. The Morgan fingerprint density at radius 3 is 2.44 bits per heavy atom. The van der Waals surface area contributed by atoms with Gasteiger partial charge in [-0.1, -0.05) is 43.3 Å². The molecule has 0 fully saturated rings. The van der Waals surface area contributed by atoms with Crippen molar-refractivity contribution in [3.05, 3.63) is 59.7 Å². The molecule has 0 unspecified atom stereocenters. The predicted molar refractivity (Wildman–Crippen MR) is 96.2 cm³/mol. The molecule has 0 heterocycles. The van der Waals surface area contributed by atoms with Crippen molar-refractivity contribution in [1.82, 2.24) is 0 Å². The van der Waals surface area contributed by atoms with Gasteiger partial charge in [-0.15, -0.1) is 0 Å². The Balaban J connectivity index is 1.93. The minimum Gasteiger partial charge on any atom is -0.490 e. The fraction of sp³-hybridized carbons (Fsp3) is 0.368. The fourth-order valence-corrected chi connectivity index (χ4v) is 3.28. The molecule has 0 spiro atoms. The summed E-state index contributed by atoms with van der Waals surface area (Å²) < 4.78 is 40.7. The van der Waals surface area contributed by atoms with Crippen LogP contribution in [0.3, 0.4) is 0 Å². The third-order valence-electron chi connectivity index (χ3n) is 3.41. The number of hydrogen-bond donors (Lipinski definition) is 0. The molecule has 0 saturated carbocycles. The van der Waals surface area contributed by atoms with Gasteiger partial charge in [0.1, 0.15) is 17.3 Å². The summed E-state index contributed by atoms with van der Waals surface area (Å²) in [5, 5.41) is 0. The second kappa shape index (κ2) is 9.56. The second-order valence-corrected chi connectivity index (χ2v) is 7.20. The molecule has 0 atom stereocenters. The van der Waals surface area contributed by atoms with Crippen LogP contribution in [-0.2, 0) is 25.6 Å². The third kappa shape index (κ3) is 6.16. The lowest BCUT2D eigenvalue weighted by Gasteiger charge is -2.13. The van der Waals surface area contributed by atoms with Crippen LogP contribution in [0.1, 0.15) is 24.5 Å². The molecule has 0 saturated heterocycles. The summed E-state index contributed by atoms with van der Waals surface area (Å²) >= 11 is 0. The second-order valence-electron chi connectivity index (χ2n) is 5.61. The van der Waals surface area contributed by atoms with Crippen molar-refractivity contribution in [1.29, 1.82) is 0 Å². The monoisotopic (exact) mass is 364 g/mol. The first-order valence-corrected chi connectivity index (χ1v) is 9.68. The van der Waals surface area contributed by atoms with Crippen LogP contribution in [0.25, 0.3) is 0 Å². The molecular weight excluding hydrogens is 340 g/mol. The number of ether oxygens (including phenoxy) is 2. The Morgan fingerprint density at radius 1 is 0.960 bits per heavy atom. The maximum absolute atomic E-state index is 12.3. The van der Waals surface area contributed by atoms with E-state index in [2.05, 4.69) is 0 Å². The van der Waals surface area contributed by atoms with Crippen molar-refractivity contribution >= 4 is 10.1 Å². The normalized spacial score (nSPS) is 11.4. The lowest BCUT2D eigenvalue weighted by Crippen LogP contribution is -2.12. The van der Waals surface area contributed by atoms with E-state index in [1.54, 1.807) is 12.1 Å². The molecule has 0 N–H and O–H groups in total. The molecule has 6 heteroatoms. The maximum Gasteiger partial charge on any atom is 0.300 e. The highest BCUT2D eigenvalue weighted by atomic mass is 32.2. The quantitative estimate of drug-likeness (QED) is 0.475. The fourth-order valence-electron chi connectivity index (χ4n) is 2.17. The van der Waals surface area contributed by atoms with Crippen LogP contribution in [0.2, 0.25) is 0 Å². The minimum atomic E-state index is -3.82. The lowest BCUT2D eigenvalue weighted by molar-refractivity contribution is 0.0879. The van der Waals surface area contributed by atoms with Gasteiger partial charge in [0.05, 0.1) is 19.8 Å². The van der Waals surface area contributed by atoms with Gasteiger partial charge in [-0.2, -0.15) is 8.42 Å². The van der Waals surface area contributed by atoms with Gasteiger partial charge >= 0.3 is 10.1 Å². The van der Waals surface area contributed by atoms with Gasteiger partial charge in [-0.25, -0.2) is 0 Å². The van der Waals surface area contributed by atoms with Gasteiger partial charge in [0.25, 0.3) is 0 Å². The molecule has 0 amide bonds. The Kier molecular flexibility index (Phi) is 7.43. The van der Waals surface area contributed by atoms with Gasteiger partial charge in [-0.3, -0.25) is 4.18 Å². The van der Waals surface area contributed by atoms with Crippen LogP contribution in [0, 0.1) is 6.92 Å². The van der Waals surface area contributed by atoms with Gasteiger partial charge in [0.15, 0.2) is 0 Å². The molecule has 25 heavy (non-hydrogen) atoms. The van der Waals surface area contributed by atoms with E-state index in [1.165, 1.54) is 6.07 Å². The zero-order valence-electron chi connectivity index (χ0n) is 14.6. The van der Waals surface area contributed by atoms with E-state index in [1.807, 2.05) is 44.2 Å². The summed E-state index contributed by atoms with van der Waals surface area (Å²) in [4.78, 5) is 0.0506. The lowest BCUT2D eigenvalue weighted by atomic mass is 10.2. The highest BCUT2D eigenvalue weighted by molar-refractivity contribution is 7.86. The largest absolute Gasteiger partial charge is 0.490 e. The summed E-state index contributed by atoms with van der Waals surface area (Å²) in [5.74, 6) is 0.291. The van der Waals surface area contributed by atoms with Crippen molar-refractivity contribution in [3.63, 3.8) is 0 Å². The first-order chi connectivity index (χ1) is 12.0. The average Bonchev–Trinajstić information content (AvgIpc) is 2.60. The molecule has 0 aromatic heterocycles. The number of rotatable bonds is 10. The number of aryl methyl sites for hydroxylation is 1. The molecule has 0 aliphatic carbocycles. The van der Waals surface area contributed by atoms with E-state index in [-0.39, 0.29) is 18.1 Å². The first-order valence-electron chi connectivity index (χ1n) is 8.27. The van der Waals surface area contributed by atoms with E-state index < -0.39 is 10.1 Å². The Labute approximate surface area is 149 Å². The maximum atomic E-state index is 12.3. The number of hydrogen-bond acceptors (Lipinski definition) is 5. The zero-order chi connectivity index (χ0) is 18.1. The predicted octanol–water partition coefficient (Wildman–Crippen LogP) is 3.71. The first kappa shape index (κ1) is 19.4. The molecule has 0 bridgehead atoms. The highest BCUT2D eigenvalue weighted by Crippen LogP contribution is 2.26. The van der Waals surface area contributed by atoms with Crippen LogP contribution in [0.5, 0.6) is 5.75 Å². The molecule has 0 radical (unpaired) electrons. The van der Waals surface area contributed by atoms with Crippen LogP contribution >= 0.6 is 0 Å². The van der Waals surface area contributed by atoms with E-state index in [9.17, 15) is 8.42 Å². The smallest absolute Gasteiger partial charge is 0.300 e. The van der Waals surface area contributed by atoms with Crippen molar-refractivity contribution in [2.45, 2.75) is 31.8 Å². The van der Waals surface area contributed by atoms with Gasteiger partial charge in [0, 0.05) is 0 Å². The third-order valence-corrected chi connectivity index (χ3v) is 4.76. The van der Waals surface area contributed by atoms with E-state index in [0.29, 0.717) is 25.4 Å². The van der Waals surface area contributed by atoms with Crippen molar-refractivity contribution in [2.75, 3.05) is 19.8 Å². The van der Waals surface area contributed by atoms with E-state index in [4.69, 9.17) is 13.7 Å². The Hall–Kier alpha value is -1.89. The minimum absolute atomic E-state index is 0.0506. The summed E-state index contributed by atoms with van der Waals surface area (Å²) in [6.07, 6.45) is 0.620. The van der Waals surface area contributed by atoms with Crippen LogP contribution in [0.4, 0.5) is 0 Å². The van der Waals surface area contributed by atoms with Gasteiger partial charge < -0.3 is 9.47 Å². The van der Waals surface area contributed by atoms with E-state index >= 15 is 0 Å². The van der Waals surface area contributed by atoms with Crippen molar-refractivity contribution < 1.29 is 22.1 Å². The highest BCUT2D eigenvalue weighted by Gasteiger charge is 2.20. The van der Waals surface area contributed by atoms with Gasteiger partial charge in [-0.05, 0) is 36.6 Å². The Morgan fingerprint density at radius 2 is 1.72 bits per heavy atom. The molecule has 136 valence electrons.